The summed E-state index contributed by atoms with van der Waals surface area (Å²) in [6.07, 6.45) is 0.585. The Hall–Kier alpha value is -0.440. The molecule has 1 heterocycles. The molecular formula is C12H21F2N. The molecule has 88 valence electrons. The first kappa shape index (κ1) is 12.6. The molecule has 1 aliphatic rings. The molecule has 0 saturated carbocycles. The van der Waals surface area contributed by atoms with E-state index in [1.807, 2.05) is 0 Å². The average molecular weight is 217 g/mol. The van der Waals surface area contributed by atoms with Crippen LogP contribution in [0.1, 0.15) is 27.2 Å². The van der Waals surface area contributed by atoms with Gasteiger partial charge in [0.25, 0.3) is 0 Å². The zero-order valence-corrected chi connectivity index (χ0v) is 9.84. The van der Waals surface area contributed by atoms with E-state index in [-0.39, 0.29) is 0 Å². The number of rotatable bonds is 3. The number of nitrogens with zero attached hydrogens (tertiary/aromatic N) is 1. The third-order valence-electron chi connectivity index (χ3n) is 3.08. The minimum Gasteiger partial charge on any atom is -0.270 e. The monoisotopic (exact) mass is 217 g/mol. The molecule has 1 fully saturated rings. The Morgan fingerprint density at radius 2 is 1.87 bits per heavy atom. The van der Waals surface area contributed by atoms with Gasteiger partial charge in [-0.3, -0.25) is 4.90 Å². The Bertz CT molecular complexity index is 218. The van der Waals surface area contributed by atoms with Crippen molar-refractivity contribution in [1.82, 2.24) is 4.90 Å². The molecule has 0 bridgehead atoms. The maximum atomic E-state index is 13.9. The summed E-state index contributed by atoms with van der Waals surface area (Å²) in [5.41, 5.74) is -1.95. The summed E-state index contributed by atoms with van der Waals surface area (Å²) in [6, 6.07) is 0. The van der Waals surface area contributed by atoms with Crippen molar-refractivity contribution in [2.24, 2.45) is 11.8 Å². The number of piperidine rings is 1. The topological polar surface area (TPSA) is 3.24 Å². The van der Waals surface area contributed by atoms with Gasteiger partial charge in [-0.25, -0.2) is 8.78 Å². The summed E-state index contributed by atoms with van der Waals surface area (Å²) in [7, 11) is 0. The molecule has 0 aromatic heterocycles. The van der Waals surface area contributed by atoms with Gasteiger partial charge in [-0.2, -0.15) is 0 Å². The fourth-order valence-electron chi connectivity index (χ4n) is 2.35. The molecule has 0 aromatic carbocycles. The maximum absolute atomic E-state index is 13.9. The molecule has 3 heteroatoms. The molecular weight excluding hydrogens is 196 g/mol. The van der Waals surface area contributed by atoms with Crippen LogP contribution in [-0.2, 0) is 0 Å². The molecule has 1 nitrogen and oxygen atoms in total. The Balaban J connectivity index is 2.66. The van der Waals surface area contributed by atoms with E-state index in [0.717, 1.165) is 12.5 Å². The number of hydrogen-bond acceptors (Lipinski definition) is 1. The van der Waals surface area contributed by atoms with Crippen LogP contribution < -0.4 is 0 Å². The van der Waals surface area contributed by atoms with Crippen molar-refractivity contribution in [3.8, 4) is 0 Å². The molecule has 1 saturated heterocycles. The lowest BCUT2D eigenvalue weighted by Gasteiger charge is -2.39. The zero-order valence-electron chi connectivity index (χ0n) is 9.84. The van der Waals surface area contributed by atoms with E-state index in [9.17, 15) is 8.78 Å². The highest BCUT2D eigenvalue weighted by atomic mass is 19.2. The van der Waals surface area contributed by atoms with Crippen molar-refractivity contribution in [3.05, 3.63) is 12.7 Å². The van der Waals surface area contributed by atoms with E-state index >= 15 is 0 Å². The van der Waals surface area contributed by atoms with Crippen molar-refractivity contribution in [3.63, 3.8) is 0 Å². The molecule has 15 heavy (non-hydrogen) atoms. The number of halogens is 2. The predicted molar refractivity (Wildman–Crippen MR) is 59.1 cm³/mol. The van der Waals surface area contributed by atoms with E-state index in [0.29, 0.717) is 24.9 Å². The highest BCUT2D eigenvalue weighted by Gasteiger charge is 2.38. The van der Waals surface area contributed by atoms with Gasteiger partial charge in [0, 0.05) is 13.1 Å². The van der Waals surface area contributed by atoms with Crippen molar-refractivity contribution >= 4 is 0 Å². The van der Waals surface area contributed by atoms with Gasteiger partial charge in [0.1, 0.15) is 0 Å². The van der Waals surface area contributed by atoms with Gasteiger partial charge in [-0.05, 0) is 25.2 Å². The minimum absolute atomic E-state index is 0.438. The number of alkyl halides is 2. The van der Waals surface area contributed by atoms with Crippen molar-refractivity contribution in [2.45, 2.75) is 39.2 Å². The van der Waals surface area contributed by atoms with E-state index in [2.05, 4.69) is 20.4 Å². The van der Waals surface area contributed by atoms with Crippen LogP contribution in [0.5, 0.6) is 0 Å². The van der Waals surface area contributed by atoms with E-state index in [4.69, 9.17) is 0 Å². The first-order chi connectivity index (χ1) is 6.86. The lowest BCUT2D eigenvalue weighted by Crippen LogP contribution is -2.50. The fourth-order valence-corrected chi connectivity index (χ4v) is 2.35. The maximum Gasteiger partial charge on any atom is 0.191 e. The van der Waals surface area contributed by atoms with Gasteiger partial charge in [-0.15, -0.1) is 0 Å². The van der Waals surface area contributed by atoms with E-state index in [1.54, 1.807) is 4.90 Å². The number of likely N-dealkylation sites (tertiary alicyclic amines) is 1. The molecule has 0 amide bonds. The quantitative estimate of drug-likeness (QED) is 0.518. The zero-order chi connectivity index (χ0) is 11.6. The van der Waals surface area contributed by atoms with Crippen LogP contribution in [0.15, 0.2) is 12.7 Å². The number of hydrogen-bond donors (Lipinski definition) is 0. The van der Waals surface area contributed by atoms with E-state index < -0.39 is 12.0 Å². The molecule has 0 aromatic rings. The second-order valence-electron chi connectivity index (χ2n) is 5.09. The molecule has 4 unspecified atom stereocenters. The lowest BCUT2D eigenvalue weighted by molar-refractivity contribution is -0.0478. The molecule has 0 aliphatic carbocycles. The molecule has 0 spiro atoms. The molecule has 4 atom stereocenters. The first-order valence-electron chi connectivity index (χ1n) is 5.57. The summed E-state index contributed by atoms with van der Waals surface area (Å²) in [5.74, 6) is 0.875. The fraction of sp³-hybridized carbons (Fsp3) is 0.833. The Morgan fingerprint density at radius 3 is 2.27 bits per heavy atom. The Kier molecular flexibility index (Phi) is 3.87. The summed E-state index contributed by atoms with van der Waals surface area (Å²) in [6.45, 7) is 10.0. The van der Waals surface area contributed by atoms with Crippen molar-refractivity contribution < 1.29 is 8.78 Å². The highest BCUT2D eigenvalue weighted by molar-refractivity contribution is 4.99. The van der Waals surface area contributed by atoms with Gasteiger partial charge >= 0.3 is 0 Å². The van der Waals surface area contributed by atoms with Crippen LogP contribution >= 0.6 is 0 Å². The second kappa shape index (κ2) is 4.60. The molecule has 0 radical (unpaired) electrons. The van der Waals surface area contributed by atoms with Gasteiger partial charge in [0.15, 0.2) is 12.0 Å². The molecule has 0 N–H and O–H groups in total. The lowest BCUT2D eigenvalue weighted by atomic mass is 9.90. The van der Waals surface area contributed by atoms with Gasteiger partial charge in [-0.1, -0.05) is 26.5 Å². The molecule has 1 aliphatic heterocycles. The normalized spacial score (nSPS) is 34.5. The SMILES string of the molecule is C=CC(C)(F)C(F)N1CC(C)CC(C)C1. The second-order valence-corrected chi connectivity index (χ2v) is 5.09. The summed E-state index contributed by atoms with van der Waals surface area (Å²) in [5, 5.41) is 0. The minimum atomic E-state index is -1.95. The van der Waals surface area contributed by atoms with Crippen LogP contribution in [-0.4, -0.2) is 30.0 Å². The predicted octanol–water partition coefficient (Wildman–Crippen LogP) is 3.17. The summed E-state index contributed by atoms with van der Waals surface area (Å²) >= 11 is 0. The smallest absolute Gasteiger partial charge is 0.191 e. The van der Waals surface area contributed by atoms with Gasteiger partial charge in [0.05, 0.1) is 0 Å². The standard InChI is InChI=1S/C12H21F2N/c1-5-12(4,14)11(13)15-7-9(2)6-10(3)8-15/h5,9-11H,1,6-8H2,2-4H3. The Morgan fingerprint density at radius 1 is 1.40 bits per heavy atom. The van der Waals surface area contributed by atoms with Crippen LogP contribution in [0, 0.1) is 11.8 Å². The largest absolute Gasteiger partial charge is 0.270 e. The molecule has 1 rings (SSSR count). The van der Waals surface area contributed by atoms with Crippen LogP contribution in [0.4, 0.5) is 8.78 Å². The third kappa shape index (κ3) is 3.00. The average Bonchev–Trinajstić information content (AvgIpc) is 2.15. The summed E-state index contributed by atoms with van der Waals surface area (Å²) < 4.78 is 27.6. The highest BCUT2D eigenvalue weighted by Crippen LogP contribution is 2.29. The van der Waals surface area contributed by atoms with Crippen molar-refractivity contribution in [2.75, 3.05) is 13.1 Å². The van der Waals surface area contributed by atoms with Gasteiger partial charge < -0.3 is 0 Å². The third-order valence-corrected chi connectivity index (χ3v) is 3.08. The van der Waals surface area contributed by atoms with Crippen LogP contribution in [0.3, 0.4) is 0 Å². The first-order valence-corrected chi connectivity index (χ1v) is 5.57. The van der Waals surface area contributed by atoms with Crippen LogP contribution in [0.2, 0.25) is 0 Å². The van der Waals surface area contributed by atoms with Crippen molar-refractivity contribution in [1.29, 1.82) is 0 Å². The van der Waals surface area contributed by atoms with E-state index in [1.165, 1.54) is 6.92 Å². The van der Waals surface area contributed by atoms with Gasteiger partial charge in [0.2, 0.25) is 0 Å². The Labute approximate surface area is 91.1 Å². The summed E-state index contributed by atoms with van der Waals surface area (Å²) in [4.78, 5) is 1.60. The van der Waals surface area contributed by atoms with Crippen LogP contribution in [0.25, 0.3) is 0 Å².